The smallest absolute Gasteiger partial charge is 0.0434 e. The molecule has 0 aliphatic heterocycles. The Balaban J connectivity index is 1.25. The first-order chi connectivity index (χ1) is 29.2. The molecular formula is C58H42S2. The highest BCUT2D eigenvalue weighted by atomic mass is 32.1. The van der Waals surface area contributed by atoms with Crippen molar-refractivity contribution >= 4 is 95.3 Å². The molecule has 0 amide bonds. The van der Waals surface area contributed by atoms with Gasteiger partial charge < -0.3 is 0 Å². The first-order valence-corrected chi connectivity index (χ1v) is 22.6. The maximum atomic E-state index is 2.54. The molecule has 0 nitrogen and oxygen atoms in total. The van der Waals surface area contributed by atoms with E-state index in [4.69, 9.17) is 0 Å². The Hall–Kier alpha value is -6.32. The molecule has 2 heteroatoms. The molecule has 10 aromatic carbocycles. The van der Waals surface area contributed by atoms with E-state index in [9.17, 15) is 0 Å². The number of thiophene rings is 2. The van der Waals surface area contributed by atoms with Gasteiger partial charge in [0, 0.05) is 51.1 Å². The summed E-state index contributed by atoms with van der Waals surface area (Å²) >= 11 is 3.92. The summed E-state index contributed by atoms with van der Waals surface area (Å²) in [6.45, 7) is 13.4. The Bertz CT molecular complexity index is 3490. The average molecular weight is 803 g/mol. The Morgan fingerprint density at radius 2 is 0.700 bits per heavy atom. The average Bonchev–Trinajstić information content (AvgIpc) is 3.79. The van der Waals surface area contributed by atoms with E-state index in [1.54, 1.807) is 0 Å². The molecule has 0 unspecified atom stereocenters. The molecule has 0 atom stereocenters. The normalized spacial score (nSPS) is 12.2. The van der Waals surface area contributed by atoms with Crippen LogP contribution in [0, 0.1) is 41.5 Å². The van der Waals surface area contributed by atoms with Crippen molar-refractivity contribution in [2.75, 3.05) is 0 Å². The Kier molecular flexibility index (Phi) is 7.77. The van der Waals surface area contributed by atoms with Crippen LogP contribution in [0.5, 0.6) is 0 Å². The molecule has 0 fully saturated rings. The molecule has 60 heavy (non-hydrogen) atoms. The molecule has 12 rings (SSSR count). The van der Waals surface area contributed by atoms with E-state index in [2.05, 4.69) is 187 Å². The summed E-state index contributed by atoms with van der Waals surface area (Å²) in [5.74, 6) is 0. The van der Waals surface area contributed by atoms with Gasteiger partial charge in [-0.2, -0.15) is 0 Å². The highest BCUT2D eigenvalue weighted by Gasteiger charge is 2.24. The Morgan fingerprint density at radius 1 is 0.300 bits per heavy atom. The molecule has 0 bridgehead atoms. The third-order valence-corrected chi connectivity index (χ3v) is 15.6. The number of hydrogen-bond donors (Lipinski definition) is 0. The van der Waals surface area contributed by atoms with Gasteiger partial charge in [-0.1, -0.05) is 120 Å². The van der Waals surface area contributed by atoms with Crippen LogP contribution in [0.1, 0.15) is 33.4 Å². The maximum absolute atomic E-state index is 2.54. The van der Waals surface area contributed by atoms with Gasteiger partial charge in [-0.25, -0.2) is 0 Å². The number of fused-ring (bicyclic) bond motifs is 8. The lowest BCUT2D eigenvalue weighted by molar-refractivity contribution is 1.38. The number of benzene rings is 10. The SMILES string of the molecule is Cc1cccc(-c2cc3c4sc5cc(-c6c(C)cccc6C)ccc5c4cc4c(-c5cccc(C)c5)cc5c6sc7cc(-c8c(C)cccc8C)ccc7c6cc2c5c43)c1. The van der Waals surface area contributed by atoms with Gasteiger partial charge in [0.15, 0.2) is 0 Å². The minimum Gasteiger partial charge on any atom is -0.135 e. The van der Waals surface area contributed by atoms with E-state index in [-0.39, 0.29) is 0 Å². The predicted molar refractivity (Wildman–Crippen MR) is 266 cm³/mol. The third-order valence-electron chi connectivity index (χ3n) is 13.2. The fraction of sp³-hybridized carbons (Fsp3) is 0.103. The summed E-state index contributed by atoms with van der Waals surface area (Å²) in [6, 6.07) is 56.0. The number of rotatable bonds is 4. The quantitative estimate of drug-likeness (QED) is 0.156. The van der Waals surface area contributed by atoms with Crippen LogP contribution in [0.15, 0.2) is 146 Å². The van der Waals surface area contributed by atoms with Gasteiger partial charge in [-0.15, -0.1) is 22.7 Å². The molecule has 286 valence electrons. The first kappa shape index (κ1) is 35.6. The molecule has 0 spiro atoms. The summed E-state index contributed by atoms with van der Waals surface area (Å²) in [5, 5.41) is 13.4. The molecular weight excluding hydrogens is 761 g/mol. The van der Waals surface area contributed by atoms with Gasteiger partial charge in [0.05, 0.1) is 0 Å². The zero-order chi connectivity index (χ0) is 40.6. The zero-order valence-corrected chi connectivity index (χ0v) is 36.3. The van der Waals surface area contributed by atoms with Gasteiger partial charge in [0.25, 0.3) is 0 Å². The monoisotopic (exact) mass is 802 g/mol. The van der Waals surface area contributed by atoms with Crippen molar-refractivity contribution in [3.05, 3.63) is 179 Å². The molecule has 0 saturated heterocycles. The standard InChI is InChI=1S/C58H42S2/c1-31-11-7-17-37(23-31)43-27-49-56-46(30-48-42-22-20-40(26-52(42)59-57(48)49)54-35(5)15-10-16-36(54)6)44(38-18-8-12-32(2)24-38)28-50-55(56)45(43)29-47-41-21-19-39(25-51(41)60-58(47)50)53-33(3)13-9-14-34(53)4/h7-30H,1-6H3. The lowest BCUT2D eigenvalue weighted by Gasteiger charge is -2.20. The van der Waals surface area contributed by atoms with Crippen LogP contribution in [0.4, 0.5) is 0 Å². The molecule has 2 aromatic heterocycles. The van der Waals surface area contributed by atoms with Gasteiger partial charge in [-0.05, 0) is 166 Å². The second-order valence-corrected chi connectivity index (χ2v) is 19.3. The number of aryl methyl sites for hydroxylation is 6. The van der Waals surface area contributed by atoms with Crippen molar-refractivity contribution in [2.45, 2.75) is 41.5 Å². The molecule has 0 N–H and O–H groups in total. The number of hydrogen-bond acceptors (Lipinski definition) is 2. The van der Waals surface area contributed by atoms with Gasteiger partial charge in [-0.3, -0.25) is 0 Å². The van der Waals surface area contributed by atoms with E-state index in [1.165, 1.54) is 151 Å². The first-order valence-electron chi connectivity index (χ1n) is 21.0. The Labute approximate surface area is 358 Å². The van der Waals surface area contributed by atoms with E-state index in [0.717, 1.165) is 0 Å². The summed E-state index contributed by atoms with van der Waals surface area (Å²) in [7, 11) is 0. The molecule has 0 saturated carbocycles. The van der Waals surface area contributed by atoms with Crippen LogP contribution < -0.4 is 0 Å². The van der Waals surface area contributed by atoms with Crippen molar-refractivity contribution in [3.8, 4) is 44.5 Å². The Morgan fingerprint density at radius 3 is 1.10 bits per heavy atom. The second kappa shape index (κ2) is 13.1. The summed E-state index contributed by atoms with van der Waals surface area (Å²) in [4.78, 5) is 0. The second-order valence-electron chi connectivity index (χ2n) is 17.2. The van der Waals surface area contributed by atoms with Crippen LogP contribution in [0.25, 0.3) is 117 Å². The van der Waals surface area contributed by atoms with E-state index < -0.39 is 0 Å². The fourth-order valence-corrected chi connectivity index (χ4v) is 13.0. The summed E-state index contributed by atoms with van der Waals surface area (Å²) < 4.78 is 5.40. The topological polar surface area (TPSA) is 0 Å². The highest BCUT2D eigenvalue weighted by Crippen LogP contribution is 2.53. The van der Waals surface area contributed by atoms with Crippen molar-refractivity contribution in [1.82, 2.24) is 0 Å². The molecule has 2 heterocycles. The highest BCUT2D eigenvalue weighted by molar-refractivity contribution is 7.27. The van der Waals surface area contributed by atoms with Gasteiger partial charge >= 0.3 is 0 Å². The van der Waals surface area contributed by atoms with Gasteiger partial charge in [0.2, 0.25) is 0 Å². The van der Waals surface area contributed by atoms with Crippen molar-refractivity contribution < 1.29 is 0 Å². The van der Waals surface area contributed by atoms with Crippen LogP contribution >= 0.6 is 22.7 Å². The molecule has 12 aromatic rings. The molecule has 0 aliphatic rings. The lowest BCUT2D eigenvalue weighted by Crippen LogP contribution is -1.92. The van der Waals surface area contributed by atoms with Crippen LogP contribution in [-0.2, 0) is 0 Å². The summed E-state index contributed by atoms with van der Waals surface area (Å²) in [5.41, 5.74) is 18.2. The summed E-state index contributed by atoms with van der Waals surface area (Å²) in [6.07, 6.45) is 0. The van der Waals surface area contributed by atoms with Crippen molar-refractivity contribution in [2.24, 2.45) is 0 Å². The minimum atomic E-state index is 1.27. The van der Waals surface area contributed by atoms with E-state index >= 15 is 0 Å². The maximum Gasteiger partial charge on any atom is 0.0434 e. The minimum absolute atomic E-state index is 1.27. The van der Waals surface area contributed by atoms with E-state index in [1.807, 2.05) is 22.7 Å². The van der Waals surface area contributed by atoms with Crippen molar-refractivity contribution in [1.29, 1.82) is 0 Å². The van der Waals surface area contributed by atoms with E-state index in [0.29, 0.717) is 0 Å². The van der Waals surface area contributed by atoms with Crippen LogP contribution in [-0.4, -0.2) is 0 Å². The lowest BCUT2D eigenvalue weighted by atomic mass is 9.84. The molecule has 0 radical (unpaired) electrons. The van der Waals surface area contributed by atoms with Crippen molar-refractivity contribution in [3.63, 3.8) is 0 Å². The fourth-order valence-electron chi connectivity index (χ4n) is 10.5. The molecule has 0 aliphatic carbocycles. The third kappa shape index (κ3) is 5.21. The largest absolute Gasteiger partial charge is 0.135 e. The van der Waals surface area contributed by atoms with Crippen LogP contribution in [0.2, 0.25) is 0 Å². The van der Waals surface area contributed by atoms with Crippen LogP contribution in [0.3, 0.4) is 0 Å². The van der Waals surface area contributed by atoms with Gasteiger partial charge in [0.1, 0.15) is 0 Å². The predicted octanol–water partition coefficient (Wildman–Crippen LogP) is 17.8. The zero-order valence-electron chi connectivity index (χ0n) is 34.7.